The van der Waals surface area contributed by atoms with Gasteiger partial charge in [-0.1, -0.05) is 19.1 Å². The van der Waals surface area contributed by atoms with Crippen LogP contribution in [0, 0.1) is 29.1 Å². The van der Waals surface area contributed by atoms with Crippen molar-refractivity contribution in [1.29, 1.82) is 0 Å². The van der Waals surface area contributed by atoms with Crippen molar-refractivity contribution in [3.05, 3.63) is 42.0 Å². The van der Waals surface area contributed by atoms with Crippen molar-refractivity contribution in [2.45, 2.75) is 44.9 Å². The van der Waals surface area contributed by atoms with Gasteiger partial charge in [0.15, 0.2) is 0 Å². The first-order valence-corrected chi connectivity index (χ1v) is 9.52. The van der Waals surface area contributed by atoms with Gasteiger partial charge in [0.1, 0.15) is 5.75 Å². The van der Waals surface area contributed by atoms with E-state index in [4.69, 9.17) is 4.74 Å². The predicted octanol–water partition coefficient (Wildman–Crippen LogP) is 4.57. The molecule has 2 saturated carbocycles. The van der Waals surface area contributed by atoms with Crippen LogP contribution < -0.4 is 4.74 Å². The number of fused-ring (bicyclic) bond motifs is 5. The number of hydrogen-bond acceptors (Lipinski definition) is 2. The van der Waals surface area contributed by atoms with Gasteiger partial charge in [-0.3, -0.25) is 0 Å². The van der Waals surface area contributed by atoms with E-state index in [-0.39, 0.29) is 0 Å². The molecule has 3 aliphatic rings. The van der Waals surface area contributed by atoms with Crippen LogP contribution in [0.25, 0.3) is 0 Å². The van der Waals surface area contributed by atoms with Crippen LogP contribution in [0.4, 0.5) is 0 Å². The molecule has 0 amide bonds. The molecule has 0 heterocycles. The number of rotatable bonds is 3. The molecular formula is C22H30O2. The second-order valence-corrected chi connectivity index (χ2v) is 8.46. The van der Waals surface area contributed by atoms with Crippen molar-refractivity contribution in [2.75, 3.05) is 13.7 Å². The normalized spacial score (nSPS) is 40.4. The van der Waals surface area contributed by atoms with Crippen molar-refractivity contribution in [2.24, 2.45) is 29.1 Å². The number of allylic oxidation sites excluding steroid dienone is 1. The molecule has 0 saturated heterocycles. The smallest absolute Gasteiger partial charge is 0.119 e. The van der Waals surface area contributed by atoms with Crippen molar-refractivity contribution in [3.8, 4) is 5.75 Å². The fraction of sp³-hybridized carbons (Fsp3) is 0.636. The molecule has 1 N–H and O–H groups in total. The third-order valence-electron chi connectivity index (χ3n) is 7.75. The molecule has 2 heteroatoms. The second kappa shape index (κ2) is 5.91. The molecule has 0 unspecified atom stereocenters. The van der Waals surface area contributed by atoms with Gasteiger partial charge in [0.25, 0.3) is 0 Å². The number of aliphatic hydroxyl groups excluding tert-OH is 1. The number of methoxy groups -OCH3 is 1. The highest BCUT2D eigenvalue weighted by molar-refractivity contribution is 5.41. The highest BCUT2D eigenvalue weighted by Gasteiger charge is 2.56. The van der Waals surface area contributed by atoms with Crippen LogP contribution in [0.3, 0.4) is 0 Å². The zero-order chi connectivity index (χ0) is 16.9. The maximum atomic E-state index is 9.87. The van der Waals surface area contributed by atoms with Crippen LogP contribution >= 0.6 is 0 Å². The van der Waals surface area contributed by atoms with E-state index in [1.165, 1.54) is 31.2 Å². The zero-order valence-corrected chi connectivity index (χ0v) is 15.0. The van der Waals surface area contributed by atoms with Crippen LogP contribution in [0.5, 0.6) is 5.75 Å². The number of aliphatic hydroxyl groups is 1. The van der Waals surface area contributed by atoms with Crippen LogP contribution in [-0.4, -0.2) is 18.8 Å². The zero-order valence-electron chi connectivity index (χ0n) is 15.0. The quantitative estimate of drug-likeness (QED) is 0.824. The van der Waals surface area contributed by atoms with Crippen LogP contribution in [-0.2, 0) is 6.42 Å². The Bertz CT molecular complexity index is 637. The summed E-state index contributed by atoms with van der Waals surface area (Å²) in [5.74, 6) is 4.09. The van der Waals surface area contributed by atoms with E-state index < -0.39 is 0 Å². The summed E-state index contributed by atoms with van der Waals surface area (Å²) in [7, 11) is 1.75. The van der Waals surface area contributed by atoms with Crippen molar-refractivity contribution in [1.82, 2.24) is 0 Å². The molecule has 1 aromatic carbocycles. The van der Waals surface area contributed by atoms with Gasteiger partial charge in [0.05, 0.1) is 7.11 Å². The molecule has 4 rings (SSSR count). The first-order chi connectivity index (χ1) is 11.6. The fourth-order valence-electron chi connectivity index (χ4n) is 6.44. The third-order valence-corrected chi connectivity index (χ3v) is 7.75. The molecule has 0 aliphatic heterocycles. The lowest BCUT2D eigenvalue weighted by Crippen LogP contribution is -2.46. The first-order valence-electron chi connectivity index (χ1n) is 9.52. The van der Waals surface area contributed by atoms with E-state index >= 15 is 0 Å². The maximum absolute atomic E-state index is 9.87. The van der Waals surface area contributed by atoms with Gasteiger partial charge in [-0.25, -0.2) is 0 Å². The Morgan fingerprint density at radius 1 is 1.33 bits per heavy atom. The van der Waals surface area contributed by atoms with E-state index in [9.17, 15) is 5.11 Å². The lowest BCUT2D eigenvalue weighted by atomic mass is 9.51. The lowest BCUT2D eigenvalue weighted by Gasteiger charge is -2.53. The molecular weight excluding hydrogens is 296 g/mol. The lowest BCUT2D eigenvalue weighted by molar-refractivity contribution is -0.00358. The standard InChI is InChI=1S/C22H30O2/c1-4-14-11-15-12-17(24-3)6-7-18(15)19-9-10-22(2)16(13-23)5-8-20(22)21(14)19/h4,6-7,12,14,16,19-21,23H,1,5,8-11,13H2,2-3H3/t14-,16+,19-,20-,21-,22-/m1/s1. The molecule has 3 aliphatic carbocycles. The van der Waals surface area contributed by atoms with Gasteiger partial charge in [0.2, 0.25) is 0 Å². The average molecular weight is 326 g/mol. The minimum absolute atomic E-state index is 0.321. The highest BCUT2D eigenvalue weighted by Crippen LogP contribution is 2.64. The molecule has 0 radical (unpaired) electrons. The highest BCUT2D eigenvalue weighted by atomic mass is 16.5. The fourth-order valence-corrected chi connectivity index (χ4v) is 6.44. The summed E-state index contributed by atoms with van der Waals surface area (Å²) in [6.07, 6.45) is 8.27. The Kier molecular flexibility index (Phi) is 3.99. The van der Waals surface area contributed by atoms with Crippen LogP contribution in [0.1, 0.15) is 49.7 Å². The van der Waals surface area contributed by atoms with Crippen molar-refractivity contribution < 1.29 is 9.84 Å². The Hall–Kier alpha value is -1.28. The average Bonchev–Trinajstić information content (AvgIpc) is 2.96. The first kappa shape index (κ1) is 16.2. The van der Waals surface area contributed by atoms with Gasteiger partial charge in [0, 0.05) is 6.61 Å². The van der Waals surface area contributed by atoms with Crippen LogP contribution in [0.2, 0.25) is 0 Å². The molecule has 2 nitrogen and oxygen atoms in total. The Labute approximate surface area is 145 Å². The monoisotopic (exact) mass is 326 g/mol. The summed E-state index contributed by atoms with van der Waals surface area (Å²) < 4.78 is 5.45. The van der Waals surface area contributed by atoms with E-state index in [0.717, 1.165) is 18.1 Å². The molecule has 0 aromatic heterocycles. The van der Waals surface area contributed by atoms with Crippen molar-refractivity contribution >= 4 is 0 Å². The molecule has 2 fully saturated rings. The number of benzene rings is 1. The summed E-state index contributed by atoms with van der Waals surface area (Å²) in [5.41, 5.74) is 3.33. The second-order valence-electron chi connectivity index (χ2n) is 8.46. The Morgan fingerprint density at radius 3 is 2.88 bits per heavy atom. The van der Waals surface area contributed by atoms with E-state index in [0.29, 0.717) is 35.7 Å². The SMILES string of the molecule is C=C[C@@H]1Cc2cc(OC)ccc2[C@H]2CC[C@]3(C)[C@H](CO)CC[C@@H]3[C@H]12. The summed E-state index contributed by atoms with van der Waals surface area (Å²) >= 11 is 0. The minimum Gasteiger partial charge on any atom is -0.497 e. The topological polar surface area (TPSA) is 29.5 Å². The van der Waals surface area contributed by atoms with Gasteiger partial charge in [-0.05, 0) is 90.4 Å². The van der Waals surface area contributed by atoms with Gasteiger partial charge in [-0.2, -0.15) is 0 Å². The maximum Gasteiger partial charge on any atom is 0.119 e. The van der Waals surface area contributed by atoms with Gasteiger partial charge < -0.3 is 9.84 Å². The molecule has 1 aromatic rings. The minimum atomic E-state index is 0.321. The summed E-state index contributed by atoms with van der Waals surface area (Å²) in [5, 5.41) is 9.87. The summed E-state index contributed by atoms with van der Waals surface area (Å²) in [4.78, 5) is 0. The molecule has 0 bridgehead atoms. The summed E-state index contributed by atoms with van der Waals surface area (Å²) in [6.45, 7) is 6.99. The number of ether oxygens (including phenoxy) is 1. The Balaban J connectivity index is 1.74. The third kappa shape index (κ3) is 2.19. The molecule has 6 atom stereocenters. The summed E-state index contributed by atoms with van der Waals surface area (Å²) in [6, 6.07) is 6.68. The predicted molar refractivity (Wildman–Crippen MR) is 97.3 cm³/mol. The Morgan fingerprint density at radius 2 is 2.17 bits per heavy atom. The van der Waals surface area contributed by atoms with Gasteiger partial charge in [-0.15, -0.1) is 6.58 Å². The van der Waals surface area contributed by atoms with E-state index in [2.05, 4.69) is 37.8 Å². The van der Waals surface area contributed by atoms with Crippen LogP contribution in [0.15, 0.2) is 30.9 Å². The molecule has 0 spiro atoms. The molecule has 130 valence electrons. The number of hydrogen-bond donors (Lipinski definition) is 1. The molecule has 24 heavy (non-hydrogen) atoms. The van der Waals surface area contributed by atoms with E-state index in [1.54, 1.807) is 12.7 Å². The van der Waals surface area contributed by atoms with Crippen molar-refractivity contribution in [3.63, 3.8) is 0 Å². The van der Waals surface area contributed by atoms with E-state index in [1.807, 2.05) is 0 Å². The largest absolute Gasteiger partial charge is 0.497 e. The van der Waals surface area contributed by atoms with Gasteiger partial charge >= 0.3 is 0 Å².